The van der Waals surface area contributed by atoms with Gasteiger partial charge >= 0.3 is 0 Å². The second-order valence-electron chi connectivity index (χ2n) is 6.13. The minimum absolute atomic E-state index is 0.00124. The second-order valence-corrected chi connectivity index (χ2v) is 7.63. The smallest absolute Gasteiger partial charge is 0.268 e. The summed E-state index contributed by atoms with van der Waals surface area (Å²) in [5.74, 6) is -0.00124. The van der Waals surface area contributed by atoms with Crippen molar-refractivity contribution in [1.82, 2.24) is 4.57 Å². The van der Waals surface area contributed by atoms with Gasteiger partial charge in [0.25, 0.3) is 5.56 Å². The molecule has 0 atom stereocenters. The lowest BCUT2D eigenvalue weighted by Crippen LogP contribution is -2.30. The number of ketones is 1. The maximum atomic E-state index is 12.3. The molecule has 116 valence electrons. The first-order valence-corrected chi connectivity index (χ1v) is 8.07. The molecule has 1 aromatic heterocycles. The Labute approximate surface area is 138 Å². The molecule has 0 aliphatic carbocycles. The van der Waals surface area contributed by atoms with E-state index in [-0.39, 0.29) is 11.3 Å². The van der Waals surface area contributed by atoms with E-state index in [1.165, 1.54) is 15.9 Å². The number of hydrogen-bond acceptors (Lipinski definition) is 3. The molecule has 0 N–H and O–H groups in total. The number of thiazole rings is 1. The highest BCUT2D eigenvalue weighted by Crippen LogP contribution is 2.14. The minimum Gasteiger partial charge on any atom is -0.302 e. The van der Waals surface area contributed by atoms with E-state index in [0.29, 0.717) is 14.2 Å². The number of aromatic nitrogens is 1. The molecular formula is C17H18ClNO2S. The van der Waals surface area contributed by atoms with Crippen LogP contribution >= 0.6 is 22.9 Å². The molecule has 0 amide bonds. The van der Waals surface area contributed by atoms with Crippen LogP contribution in [-0.4, -0.2) is 10.4 Å². The van der Waals surface area contributed by atoms with Crippen LogP contribution in [0.2, 0.25) is 5.02 Å². The van der Waals surface area contributed by atoms with E-state index in [4.69, 9.17) is 11.6 Å². The number of nitrogens with zero attached hydrogens (tertiary/aromatic N) is 1. The molecule has 2 aromatic rings. The molecule has 0 bridgehead atoms. The number of rotatable bonds is 2. The molecule has 0 aliphatic heterocycles. The Balaban J connectivity index is 2.59. The Kier molecular flexibility index (Phi) is 4.73. The highest BCUT2D eigenvalue weighted by atomic mass is 35.5. The van der Waals surface area contributed by atoms with Gasteiger partial charge in [-0.05, 0) is 23.8 Å². The molecule has 0 saturated heterocycles. The van der Waals surface area contributed by atoms with Crippen LogP contribution in [0.25, 0.3) is 12.2 Å². The molecule has 0 radical (unpaired) electrons. The fourth-order valence-electron chi connectivity index (χ4n) is 1.78. The van der Waals surface area contributed by atoms with Crippen LogP contribution in [0.3, 0.4) is 0 Å². The summed E-state index contributed by atoms with van der Waals surface area (Å²) in [5.41, 5.74) is 0.287. The van der Waals surface area contributed by atoms with Gasteiger partial charge in [0.2, 0.25) is 0 Å². The van der Waals surface area contributed by atoms with E-state index in [0.717, 1.165) is 5.56 Å². The highest BCUT2D eigenvalue weighted by molar-refractivity contribution is 7.07. The van der Waals surface area contributed by atoms with Crippen molar-refractivity contribution in [1.29, 1.82) is 0 Å². The molecule has 1 heterocycles. The fourth-order valence-corrected chi connectivity index (χ4v) is 3.01. The van der Waals surface area contributed by atoms with Crippen molar-refractivity contribution in [3.63, 3.8) is 0 Å². The lowest BCUT2D eigenvalue weighted by molar-refractivity contribution is -0.120. The Morgan fingerprint density at radius 1 is 1.32 bits per heavy atom. The van der Waals surface area contributed by atoms with Gasteiger partial charge < -0.3 is 4.57 Å². The van der Waals surface area contributed by atoms with Gasteiger partial charge in [-0.1, -0.05) is 44.5 Å². The van der Waals surface area contributed by atoms with Crippen LogP contribution in [0.15, 0.2) is 29.1 Å². The lowest BCUT2D eigenvalue weighted by Gasteiger charge is -2.12. The van der Waals surface area contributed by atoms with Gasteiger partial charge in [-0.15, -0.1) is 11.3 Å². The normalized spacial score (nSPS) is 13.7. The summed E-state index contributed by atoms with van der Waals surface area (Å²) >= 11 is 7.26. The van der Waals surface area contributed by atoms with Crippen LogP contribution in [0.5, 0.6) is 0 Å². The van der Waals surface area contributed by atoms with Gasteiger partial charge in [-0.25, -0.2) is 0 Å². The van der Waals surface area contributed by atoms with E-state index in [1.54, 1.807) is 31.3 Å². The predicted molar refractivity (Wildman–Crippen MR) is 92.8 cm³/mol. The molecule has 3 nitrogen and oxygen atoms in total. The molecule has 5 heteroatoms. The van der Waals surface area contributed by atoms with Gasteiger partial charge in [0.05, 0.1) is 4.53 Å². The van der Waals surface area contributed by atoms with Gasteiger partial charge in [0, 0.05) is 23.6 Å². The van der Waals surface area contributed by atoms with Gasteiger partial charge in [-0.2, -0.15) is 0 Å². The Hall–Kier alpha value is -1.65. The highest BCUT2D eigenvalue weighted by Gasteiger charge is 2.19. The molecule has 0 spiro atoms. The zero-order valence-corrected chi connectivity index (χ0v) is 14.6. The van der Waals surface area contributed by atoms with Crippen molar-refractivity contribution >= 4 is 40.9 Å². The SMILES string of the molecule is Cn1c(=O)/c(=C\c2cccc(Cl)c2)s/c1=C\C(=O)C(C)(C)C. The van der Waals surface area contributed by atoms with Crippen LogP contribution in [-0.2, 0) is 11.8 Å². The Morgan fingerprint density at radius 2 is 2.00 bits per heavy atom. The average Bonchev–Trinajstić information content (AvgIpc) is 2.66. The zero-order valence-electron chi connectivity index (χ0n) is 13.0. The summed E-state index contributed by atoms with van der Waals surface area (Å²) in [6.07, 6.45) is 3.33. The lowest BCUT2D eigenvalue weighted by atomic mass is 9.91. The van der Waals surface area contributed by atoms with E-state index >= 15 is 0 Å². The second kappa shape index (κ2) is 6.23. The predicted octanol–water partition coefficient (Wildman–Crippen LogP) is 2.32. The third kappa shape index (κ3) is 3.76. The first-order valence-electron chi connectivity index (χ1n) is 6.88. The maximum Gasteiger partial charge on any atom is 0.268 e. The number of benzene rings is 1. The van der Waals surface area contributed by atoms with Gasteiger partial charge in [0.1, 0.15) is 4.66 Å². The molecule has 1 aromatic carbocycles. The maximum absolute atomic E-state index is 12.3. The summed E-state index contributed by atoms with van der Waals surface area (Å²) in [6, 6.07) is 7.30. The Bertz CT molecular complexity index is 885. The molecule has 0 saturated carbocycles. The molecular weight excluding hydrogens is 318 g/mol. The van der Waals surface area contributed by atoms with Crippen LogP contribution in [0, 0.1) is 5.41 Å². The van der Waals surface area contributed by atoms with Gasteiger partial charge in [-0.3, -0.25) is 9.59 Å². The number of Topliss-reactive ketones (excluding diaryl/α,β-unsaturated/α-hetero) is 1. The van der Waals surface area contributed by atoms with Crippen molar-refractivity contribution in [2.24, 2.45) is 12.5 Å². The third-order valence-electron chi connectivity index (χ3n) is 3.20. The zero-order chi connectivity index (χ0) is 16.5. The van der Waals surface area contributed by atoms with Crippen molar-refractivity contribution in [2.75, 3.05) is 0 Å². The molecule has 22 heavy (non-hydrogen) atoms. The van der Waals surface area contributed by atoms with Crippen LogP contribution < -0.4 is 14.8 Å². The number of halogens is 1. The Morgan fingerprint density at radius 3 is 2.59 bits per heavy atom. The number of hydrogen-bond donors (Lipinski definition) is 0. The van der Waals surface area contributed by atoms with E-state index in [1.807, 2.05) is 32.9 Å². The number of carbonyl (C=O) groups excluding carboxylic acids is 1. The molecule has 2 rings (SSSR count). The fraction of sp³-hybridized carbons (Fsp3) is 0.294. The molecule has 0 unspecified atom stereocenters. The van der Waals surface area contributed by atoms with Crippen molar-refractivity contribution in [3.05, 3.63) is 54.4 Å². The van der Waals surface area contributed by atoms with E-state index in [9.17, 15) is 9.59 Å². The summed E-state index contributed by atoms with van der Waals surface area (Å²) in [4.78, 5) is 24.4. The molecule has 0 fully saturated rings. The molecule has 0 aliphatic rings. The topological polar surface area (TPSA) is 39.1 Å². The monoisotopic (exact) mass is 335 g/mol. The number of carbonyl (C=O) groups is 1. The third-order valence-corrected chi connectivity index (χ3v) is 4.55. The summed E-state index contributed by atoms with van der Waals surface area (Å²) in [5, 5.41) is 0.622. The van der Waals surface area contributed by atoms with Crippen molar-refractivity contribution < 1.29 is 4.79 Å². The van der Waals surface area contributed by atoms with Crippen LogP contribution in [0.1, 0.15) is 26.3 Å². The standard InChI is InChI=1S/C17H18ClNO2S/c1-17(2,3)14(20)10-15-19(4)16(21)13(22-15)9-11-6-5-7-12(18)8-11/h5-10H,1-4H3/b13-9+,15-10-. The van der Waals surface area contributed by atoms with E-state index < -0.39 is 5.41 Å². The summed E-state index contributed by atoms with van der Waals surface area (Å²) in [6.45, 7) is 5.57. The van der Waals surface area contributed by atoms with Gasteiger partial charge in [0.15, 0.2) is 5.78 Å². The van der Waals surface area contributed by atoms with Crippen molar-refractivity contribution in [2.45, 2.75) is 20.8 Å². The van der Waals surface area contributed by atoms with Crippen LogP contribution in [0.4, 0.5) is 0 Å². The first-order chi connectivity index (χ1) is 10.2. The quantitative estimate of drug-likeness (QED) is 0.845. The summed E-state index contributed by atoms with van der Waals surface area (Å²) in [7, 11) is 1.68. The largest absolute Gasteiger partial charge is 0.302 e. The average molecular weight is 336 g/mol. The van der Waals surface area contributed by atoms with Crippen molar-refractivity contribution in [3.8, 4) is 0 Å². The minimum atomic E-state index is -0.461. The first kappa shape index (κ1) is 16.7. The van der Waals surface area contributed by atoms with E-state index in [2.05, 4.69) is 0 Å². The summed E-state index contributed by atoms with van der Waals surface area (Å²) < 4.78 is 2.74.